The highest BCUT2D eigenvalue weighted by Crippen LogP contribution is 2.37. The van der Waals surface area contributed by atoms with Gasteiger partial charge >= 0.3 is 0 Å². The summed E-state index contributed by atoms with van der Waals surface area (Å²) in [6.45, 7) is 4.02. The first-order valence-corrected chi connectivity index (χ1v) is 10.8. The molecule has 0 spiro atoms. The number of nitrogens with one attached hydrogen (secondary N) is 2. The molecule has 31 heavy (non-hydrogen) atoms. The first kappa shape index (κ1) is 19.8. The van der Waals surface area contributed by atoms with Crippen molar-refractivity contribution in [1.82, 2.24) is 25.1 Å². The molecule has 0 saturated carbocycles. The molecule has 7 nitrogen and oxygen atoms in total. The van der Waals surface area contributed by atoms with Crippen molar-refractivity contribution in [1.29, 1.82) is 0 Å². The van der Waals surface area contributed by atoms with Crippen molar-refractivity contribution >= 4 is 22.8 Å². The summed E-state index contributed by atoms with van der Waals surface area (Å²) in [4.78, 5) is 37.4. The van der Waals surface area contributed by atoms with E-state index < -0.39 is 0 Å². The molecule has 3 aromatic rings. The Balaban J connectivity index is 1.20. The Morgan fingerprint density at radius 1 is 1.19 bits per heavy atom. The smallest absolute Gasteiger partial charge is 0.253 e. The van der Waals surface area contributed by atoms with Crippen molar-refractivity contribution in [3.63, 3.8) is 0 Å². The molecule has 2 atom stereocenters. The normalized spacial score (nSPS) is 21.9. The number of aromatic nitrogens is 2. The molecule has 0 bridgehead atoms. The van der Waals surface area contributed by atoms with E-state index in [0.717, 1.165) is 29.6 Å². The van der Waals surface area contributed by atoms with Crippen LogP contribution in [0.4, 0.5) is 0 Å². The second-order valence-electron chi connectivity index (χ2n) is 8.74. The van der Waals surface area contributed by atoms with Gasteiger partial charge < -0.3 is 15.2 Å². The summed E-state index contributed by atoms with van der Waals surface area (Å²) in [5.41, 5.74) is 3.58. The van der Waals surface area contributed by atoms with Crippen LogP contribution in [0.5, 0.6) is 0 Å². The third kappa shape index (κ3) is 3.59. The van der Waals surface area contributed by atoms with Crippen LogP contribution >= 0.6 is 0 Å². The maximum atomic E-state index is 13.2. The number of aryl methyl sites for hydroxylation is 1. The molecule has 0 aliphatic carbocycles. The van der Waals surface area contributed by atoms with E-state index in [-0.39, 0.29) is 29.8 Å². The minimum absolute atomic E-state index is 0.0197. The first-order chi connectivity index (χ1) is 15.0. The summed E-state index contributed by atoms with van der Waals surface area (Å²) in [7, 11) is 2.08. The zero-order chi connectivity index (χ0) is 21.5. The fourth-order valence-corrected chi connectivity index (χ4v) is 4.85. The van der Waals surface area contributed by atoms with E-state index >= 15 is 0 Å². The lowest BCUT2D eigenvalue weighted by Crippen LogP contribution is -2.62. The third-order valence-electron chi connectivity index (χ3n) is 6.64. The van der Waals surface area contributed by atoms with Crippen molar-refractivity contribution in [3.8, 4) is 0 Å². The van der Waals surface area contributed by atoms with Gasteiger partial charge in [-0.2, -0.15) is 0 Å². The molecule has 7 heteroatoms. The zero-order valence-corrected chi connectivity index (χ0v) is 17.8. The fraction of sp³-hybridized carbons (Fsp3) is 0.375. The van der Waals surface area contributed by atoms with E-state index in [1.54, 1.807) is 6.20 Å². The molecule has 2 aliphatic rings. The minimum atomic E-state index is -0.144. The molecule has 2 N–H and O–H groups in total. The molecule has 0 radical (unpaired) electrons. The Kier molecular flexibility index (Phi) is 4.98. The Morgan fingerprint density at radius 2 is 1.97 bits per heavy atom. The average molecular weight is 418 g/mol. The molecule has 160 valence electrons. The average Bonchev–Trinajstić information content (AvgIpc) is 3.33. The number of rotatable bonds is 4. The Morgan fingerprint density at radius 3 is 2.74 bits per heavy atom. The summed E-state index contributed by atoms with van der Waals surface area (Å²) in [6, 6.07) is 12.2. The summed E-state index contributed by atoms with van der Waals surface area (Å²) < 4.78 is 0. The van der Waals surface area contributed by atoms with Crippen LogP contribution in [0.15, 0.2) is 48.8 Å². The predicted octanol–water partition coefficient (Wildman–Crippen LogP) is 2.50. The van der Waals surface area contributed by atoms with E-state index in [9.17, 15) is 9.59 Å². The van der Waals surface area contributed by atoms with Crippen LogP contribution in [-0.4, -0.2) is 64.3 Å². The number of hydrogen-bond donors (Lipinski definition) is 2. The number of aromatic amines is 1. The number of fused-ring (bicyclic) bond motifs is 1. The van der Waals surface area contributed by atoms with Gasteiger partial charge in [-0.1, -0.05) is 30.3 Å². The number of carbonyl (C=O) groups is 2. The van der Waals surface area contributed by atoms with Crippen LogP contribution < -0.4 is 5.32 Å². The number of likely N-dealkylation sites (tertiary alicyclic amines) is 2. The molecule has 4 heterocycles. The van der Waals surface area contributed by atoms with Crippen molar-refractivity contribution in [2.75, 3.05) is 26.7 Å². The quantitative estimate of drug-likeness (QED) is 0.684. The van der Waals surface area contributed by atoms with Crippen molar-refractivity contribution in [3.05, 3.63) is 65.5 Å². The maximum Gasteiger partial charge on any atom is 0.253 e. The van der Waals surface area contributed by atoms with E-state index in [1.807, 2.05) is 42.3 Å². The van der Waals surface area contributed by atoms with Gasteiger partial charge in [0.1, 0.15) is 5.65 Å². The van der Waals surface area contributed by atoms with Crippen LogP contribution in [0.2, 0.25) is 0 Å². The summed E-state index contributed by atoms with van der Waals surface area (Å²) >= 11 is 0. The van der Waals surface area contributed by atoms with E-state index in [4.69, 9.17) is 0 Å². The monoisotopic (exact) mass is 417 g/mol. The summed E-state index contributed by atoms with van der Waals surface area (Å²) in [6.07, 6.45) is 4.34. The Bertz CT molecular complexity index is 1120. The molecule has 5 rings (SSSR count). The van der Waals surface area contributed by atoms with Crippen molar-refractivity contribution in [2.24, 2.45) is 5.92 Å². The van der Waals surface area contributed by atoms with Crippen LogP contribution in [-0.2, 0) is 4.79 Å². The molecule has 2 saturated heterocycles. The molecule has 0 unspecified atom stereocenters. The van der Waals surface area contributed by atoms with Gasteiger partial charge in [0.25, 0.3) is 5.91 Å². The van der Waals surface area contributed by atoms with E-state index in [1.165, 1.54) is 5.56 Å². The molecule has 2 aliphatic heterocycles. The molecule has 1 aromatic carbocycles. The third-order valence-corrected chi connectivity index (χ3v) is 6.64. The SMILES string of the molecule is Cc1c[nH]c2ncc(C(=O)NC3CN(C(=O)[C@H]4CCN(C)[C@H]4c4ccccc4)C3)cc12. The minimum Gasteiger partial charge on any atom is -0.346 e. The lowest BCUT2D eigenvalue weighted by molar-refractivity contribution is -0.141. The van der Waals surface area contributed by atoms with Crippen LogP contribution in [0.1, 0.15) is 33.9 Å². The highest BCUT2D eigenvalue weighted by molar-refractivity contribution is 5.97. The number of nitrogens with zero attached hydrogens (tertiary/aromatic N) is 3. The topological polar surface area (TPSA) is 81.3 Å². The van der Waals surface area contributed by atoms with Gasteiger partial charge in [-0.25, -0.2) is 4.98 Å². The van der Waals surface area contributed by atoms with Crippen molar-refractivity contribution in [2.45, 2.75) is 25.4 Å². The molecular weight excluding hydrogens is 390 g/mol. The number of carbonyl (C=O) groups excluding carboxylic acids is 2. The first-order valence-electron chi connectivity index (χ1n) is 10.8. The molecule has 2 aromatic heterocycles. The van der Waals surface area contributed by atoms with E-state index in [0.29, 0.717) is 18.7 Å². The number of pyridine rings is 1. The van der Waals surface area contributed by atoms with Gasteiger partial charge in [-0.3, -0.25) is 14.5 Å². The fourth-order valence-electron chi connectivity index (χ4n) is 4.85. The Hall–Kier alpha value is -3.19. The summed E-state index contributed by atoms with van der Waals surface area (Å²) in [5, 5.41) is 4.00. The lowest BCUT2D eigenvalue weighted by Gasteiger charge is -2.41. The summed E-state index contributed by atoms with van der Waals surface area (Å²) in [5.74, 6) is 0.0109. The van der Waals surface area contributed by atoms with Gasteiger partial charge in [-0.05, 0) is 44.1 Å². The van der Waals surface area contributed by atoms with Crippen LogP contribution in [0.3, 0.4) is 0 Å². The highest BCUT2D eigenvalue weighted by Gasteiger charge is 2.43. The predicted molar refractivity (Wildman–Crippen MR) is 119 cm³/mol. The van der Waals surface area contributed by atoms with Crippen LogP contribution in [0, 0.1) is 12.8 Å². The van der Waals surface area contributed by atoms with Gasteiger partial charge in [0.15, 0.2) is 0 Å². The molecule has 2 amide bonds. The highest BCUT2D eigenvalue weighted by atomic mass is 16.2. The van der Waals surface area contributed by atoms with Gasteiger partial charge in [0, 0.05) is 36.9 Å². The second kappa shape index (κ2) is 7.81. The van der Waals surface area contributed by atoms with E-state index in [2.05, 4.69) is 39.4 Å². The standard InChI is InChI=1S/C24H27N5O2/c1-15-11-25-22-20(15)10-17(12-26-22)23(30)27-18-13-29(14-18)24(31)19-8-9-28(2)21(19)16-6-4-3-5-7-16/h3-7,10-12,18-19,21H,8-9,13-14H2,1-2H3,(H,25,26)(H,27,30)/t19-,21-/m0/s1. The van der Waals surface area contributed by atoms with Crippen molar-refractivity contribution < 1.29 is 9.59 Å². The second-order valence-corrected chi connectivity index (χ2v) is 8.74. The maximum absolute atomic E-state index is 13.2. The van der Waals surface area contributed by atoms with Gasteiger partial charge in [0.05, 0.1) is 17.5 Å². The lowest BCUT2D eigenvalue weighted by atomic mass is 9.91. The molecule has 2 fully saturated rings. The number of H-pyrrole nitrogens is 1. The largest absolute Gasteiger partial charge is 0.346 e. The number of amides is 2. The Labute approximate surface area is 181 Å². The van der Waals surface area contributed by atoms with Crippen LogP contribution in [0.25, 0.3) is 11.0 Å². The van der Waals surface area contributed by atoms with Gasteiger partial charge in [0.2, 0.25) is 5.91 Å². The zero-order valence-electron chi connectivity index (χ0n) is 17.8. The number of benzene rings is 1. The number of hydrogen-bond acceptors (Lipinski definition) is 4. The molecular formula is C24H27N5O2. The van der Waals surface area contributed by atoms with Gasteiger partial charge in [-0.15, -0.1) is 0 Å².